The van der Waals surface area contributed by atoms with Gasteiger partial charge in [-0.1, -0.05) is 30.3 Å². The van der Waals surface area contributed by atoms with E-state index in [1.54, 1.807) is 6.07 Å². The molecule has 0 saturated carbocycles. The van der Waals surface area contributed by atoms with Gasteiger partial charge in [0.15, 0.2) is 11.6 Å². The predicted octanol–water partition coefficient (Wildman–Crippen LogP) is 3.15. The van der Waals surface area contributed by atoms with Crippen LogP contribution in [-0.2, 0) is 6.42 Å². The van der Waals surface area contributed by atoms with Crippen molar-refractivity contribution in [3.05, 3.63) is 65.0 Å². The number of aromatic hydroxyl groups is 1. The highest BCUT2D eigenvalue weighted by atomic mass is 19.1. The van der Waals surface area contributed by atoms with Gasteiger partial charge in [-0.3, -0.25) is 0 Å². The minimum Gasteiger partial charge on any atom is -0.505 e. The summed E-state index contributed by atoms with van der Waals surface area (Å²) in [4.78, 5) is 2.26. The van der Waals surface area contributed by atoms with Crippen LogP contribution in [0.25, 0.3) is 0 Å². The second-order valence-electron chi connectivity index (χ2n) is 5.48. The first-order valence-electron chi connectivity index (χ1n) is 6.90. The van der Waals surface area contributed by atoms with E-state index in [1.165, 1.54) is 11.6 Å². The lowest BCUT2D eigenvalue weighted by atomic mass is 9.88. The molecule has 2 aromatic carbocycles. The molecular weight excluding hydrogens is 253 g/mol. The number of fused-ring (bicyclic) bond motifs is 1. The van der Waals surface area contributed by atoms with Crippen LogP contribution in [0.1, 0.15) is 22.6 Å². The smallest absolute Gasteiger partial charge is 0.165 e. The summed E-state index contributed by atoms with van der Waals surface area (Å²) in [6, 6.07) is 13.3. The van der Waals surface area contributed by atoms with Gasteiger partial charge < -0.3 is 10.0 Å². The Bertz CT molecular complexity index is 612. The maximum absolute atomic E-state index is 13.6. The molecule has 1 atom stereocenters. The minimum atomic E-state index is -0.528. The van der Waals surface area contributed by atoms with Crippen molar-refractivity contribution in [2.24, 2.45) is 0 Å². The molecule has 0 radical (unpaired) electrons. The van der Waals surface area contributed by atoms with Crippen LogP contribution in [0.2, 0.25) is 0 Å². The lowest BCUT2D eigenvalue weighted by Gasteiger charge is -2.22. The number of nitrogens with zero attached hydrogens (tertiary/aromatic N) is 1. The first kappa shape index (κ1) is 13.1. The van der Waals surface area contributed by atoms with E-state index in [0.29, 0.717) is 0 Å². The van der Waals surface area contributed by atoms with Crippen LogP contribution < -0.4 is 0 Å². The molecule has 0 aromatic heterocycles. The number of likely N-dealkylation sites (N-methyl/N-ethyl adjacent to an activating group) is 1. The number of phenolic OH excluding ortho intramolecular Hbond substituents is 1. The van der Waals surface area contributed by atoms with E-state index in [2.05, 4.69) is 24.1 Å². The first-order chi connectivity index (χ1) is 9.65. The molecule has 0 saturated heterocycles. The van der Waals surface area contributed by atoms with E-state index in [1.807, 2.05) is 18.2 Å². The first-order valence-corrected chi connectivity index (χ1v) is 6.90. The van der Waals surface area contributed by atoms with Crippen molar-refractivity contribution in [2.45, 2.75) is 12.3 Å². The number of halogens is 1. The summed E-state index contributed by atoms with van der Waals surface area (Å²) in [6.07, 6.45) is 0.812. The van der Waals surface area contributed by atoms with Crippen LogP contribution in [0.4, 0.5) is 4.39 Å². The number of benzene rings is 2. The molecule has 1 heterocycles. The molecule has 1 aliphatic rings. The summed E-state index contributed by atoms with van der Waals surface area (Å²) in [6.45, 7) is 1.78. The maximum atomic E-state index is 13.6. The molecule has 2 nitrogen and oxygen atoms in total. The van der Waals surface area contributed by atoms with Crippen molar-refractivity contribution >= 4 is 0 Å². The summed E-state index contributed by atoms with van der Waals surface area (Å²) in [5.41, 5.74) is 3.24. The Morgan fingerprint density at radius 1 is 1.20 bits per heavy atom. The van der Waals surface area contributed by atoms with Gasteiger partial charge in [-0.25, -0.2) is 4.39 Å². The number of hydrogen-bond donors (Lipinski definition) is 1. The molecule has 0 aliphatic carbocycles. The molecule has 1 N–H and O–H groups in total. The zero-order valence-corrected chi connectivity index (χ0v) is 11.5. The summed E-state index contributed by atoms with van der Waals surface area (Å²) < 4.78 is 13.6. The van der Waals surface area contributed by atoms with Gasteiger partial charge >= 0.3 is 0 Å². The number of phenols is 1. The number of hydrogen-bond acceptors (Lipinski definition) is 2. The van der Waals surface area contributed by atoms with Gasteiger partial charge in [0.1, 0.15) is 0 Å². The molecule has 2 aromatic rings. The Hall–Kier alpha value is -1.87. The fourth-order valence-corrected chi connectivity index (χ4v) is 2.94. The highest BCUT2D eigenvalue weighted by molar-refractivity contribution is 5.44. The second-order valence-corrected chi connectivity index (χ2v) is 5.48. The molecule has 3 heteroatoms. The third-order valence-corrected chi connectivity index (χ3v) is 4.04. The third-order valence-electron chi connectivity index (χ3n) is 4.04. The molecule has 3 rings (SSSR count). The Morgan fingerprint density at radius 2 is 1.95 bits per heavy atom. The highest BCUT2D eigenvalue weighted by Gasteiger charge is 2.24. The van der Waals surface area contributed by atoms with Crippen molar-refractivity contribution in [3.63, 3.8) is 0 Å². The largest absolute Gasteiger partial charge is 0.505 e. The van der Waals surface area contributed by atoms with Crippen molar-refractivity contribution < 1.29 is 9.50 Å². The van der Waals surface area contributed by atoms with Gasteiger partial charge in [-0.05, 0) is 42.3 Å². The summed E-state index contributed by atoms with van der Waals surface area (Å²) in [7, 11) is 2.08. The van der Waals surface area contributed by atoms with E-state index in [9.17, 15) is 9.50 Å². The summed E-state index contributed by atoms with van der Waals surface area (Å²) >= 11 is 0. The zero-order valence-electron chi connectivity index (χ0n) is 11.5. The molecule has 1 aliphatic heterocycles. The van der Waals surface area contributed by atoms with E-state index < -0.39 is 5.82 Å². The Balaban J connectivity index is 2.12. The monoisotopic (exact) mass is 271 g/mol. The summed E-state index contributed by atoms with van der Waals surface area (Å²) in [5.74, 6) is -0.612. The predicted molar refractivity (Wildman–Crippen MR) is 77.6 cm³/mol. The third kappa shape index (κ3) is 2.41. The van der Waals surface area contributed by atoms with Crippen molar-refractivity contribution in [1.82, 2.24) is 4.90 Å². The fraction of sp³-hybridized carbons (Fsp3) is 0.294. The van der Waals surface area contributed by atoms with E-state index >= 15 is 0 Å². The zero-order chi connectivity index (χ0) is 14.1. The molecule has 0 spiro atoms. The molecule has 20 heavy (non-hydrogen) atoms. The fourth-order valence-electron chi connectivity index (χ4n) is 2.94. The average Bonchev–Trinajstić information content (AvgIpc) is 2.61. The van der Waals surface area contributed by atoms with E-state index in [4.69, 9.17) is 0 Å². The normalized spacial score (nSPS) is 19.4. The Kier molecular flexibility index (Phi) is 3.45. The van der Waals surface area contributed by atoms with Gasteiger partial charge in [0.05, 0.1) is 0 Å². The van der Waals surface area contributed by atoms with Gasteiger partial charge in [0.2, 0.25) is 0 Å². The molecular formula is C17H18FNO. The Labute approximate surface area is 118 Å². The van der Waals surface area contributed by atoms with Crippen molar-refractivity contribution in [2.75, 3.05) is 20.1 Å². The van der Waals surface area contributed by atoms with Crippen LogP contribution in [0.3, 0.4) is 0 Å². The lowest BCUT2D eigenvalue weighted by molar-refractivity contribution is 0.338. The van der Waals surface area contributed by atoms with Crippen molar-refractivity contribution in [3.8, 4) is 5.75 Å². The quantitative estimate of drug-likeness (QED) is 0.861. The Morgan fingerprint density at radius 3 is 2.70 bits per heavy atom. The van der Waals surface area contributed by atoms with Crippen LogP contribution >= 0.6 is 0 Å². The average molecular weight is 271 g/mol. The van der Waals surface area contributed by atoms with Gasteiger partial charge in [0.25, 0.3) is 0 Å². The maximum Gasteiger partial charge on any atom is 0.165 e. The topological polar surface area (TPSA) is 23.5 Å². The molecule has 1 unspecified atom stereocenters. The van der Waals surface area contributed by atoms with Crippen molar-refractivity contribution in [1.29, 1.82) is 0 Å². The molecule has 0 fully saturated rings. The van der Waals surface area contributed by atoms with Gasteiger partial charge in [0, 0.05) is 19.0 Å². The molecule has 0 bridgehead atoms. The van der Waals surface area contributed by atoms with Crippen LogP contribution in [0.5, 0.6) is 5.75 Å². The minimum absolute atomic E-state index is 0.171. The lowest BCUT2D eigenvalue weighted by Crippen LogP contribution is -2.24. The van der Waals surface area contributed by atoms with Gasteiger partial charge in [-0.2, -0.15) is 0 Å². The van der Waals surface area contributed by atoms with Crippen LogP contribution in [0, 0.1) is 5.82 Å². The van der Waals surface area contributed by atoms with Crippen LogP contribution in [0.15, 0.2) is 42.5 Å². The SMILES string of the molecule is CN1CCc2cc(F)c(O)cc2C(c2ccccc2)C1. The van der Waals surface area contributed by atoms with E-state index in [-0.39, 0.29) is 11.7 Å². The summed E-state index contributed by atoms with van der Waals surface area (Å²) in [5, 5.41) is 9.71. The van der Waals surface area contributed by atoms with E-state index in [0.717, 1.165) is 30.6 Å². The highest BCUT2D eigenvalue weighted by Crippen LogP contribution is 2.34. The number of rotatable bonds is 1. The van der Waals surface area contributed by atoms with Crippen LogP contribution in [-0.4, -0.2) is 30.1 Å². The standard InChI is InChI=1S/C17H18FNO/c1-19-8-7-13-9-16(18)17(20)10-14(13)15(11-19)12-5-3-2-4-6-12/h2-6,9-10,15,20H,7-8,11H2,1H3. The molecule has 0 amide bonds. The molecule has 104 valence electrons. The van der Waals surface area contributed by atoms with Gasteiger partial charge in [-0.15, -0.1) is 0 Å². The second kappa shape index (κ2) is 5.25.